The summed E-state index contributed by atoms with van der Waals surface area (Å²) in [5.41, 5.74) is 8.10. The first kappa shape index (κ1) is 18.0. The third kappa shape index (κ3) is 3.67. The lowest BCUT2D eigenvalue weighted by molar-refractivity contribution is 0.0949. The molecule has 6 heteroatoms. The molecule has 0 aliphatic heterocycles. The number of nitrogens with one attached hydrogen (secondary N) is 2. The van der Waals surface area contributed by atoms with Gasteiger partial charge in [-0.1, -0.05) is 31.2 Å². The molecule has 2 aromatic carbocycles. The standard InChI is InChI=1S/C22H22N4O2/c1-2-13-28-17-10-7-15(8-11-17)14-23-26-22(27)21-19-12-9-16-5-3-4-6-18(16)20(19)24-25-21/h3-8,10-11,14H,2,9,12-13H2,1H3,(H,24,25)(H,26,27)/b23-14-. The van der Waals surface area contributed by atoms with Gasteiger partial charge in [0, 0.05) is 11.1 Å². The molecule has 6 nitrogen and oxygen atoms in total. The molecule has 1 heterocycles. The fourth-order valence-electron chi connectivity index (χ4n) is 3.34. The minimum atomic E-state index is -0.285. The summed E-state index contributed by atoms with van der Waals surface area (Å²) in [6.07, 6.45) is 4.27. The number of aromatic amines is 1. The molecule has 1 aromatic heterocycles. The van der Waals surface area contributed by atoms with Crippen molar-refractivity contribution >= 4 is 12.1 Å². The number of amides is 1. The minimum Gasteiger partial charge on any atom is -0.494 e. The predicted octanol–water partition coefficient (Wildman–Crippen LogP) is 3.73. The molecular weight excluding hydrogens is 352 g/mol. The van der Waals surface area contributed by atoms with Gasteiger partial charge in [0.15, 0.2) is 0 Å². The predicted molar refractivity (Wildman–Crippen MR) is 109 cm³/mol. The first-order chi connectivity index (χ1) is 13.8. The van der Waals surface area contributed by atoms with Crippen molar-refractivity contribution in [2.45, 2.75) is 26.2 Å². The Morgan fingerprint density at radius 3 is 2.86 bits per heavy atom. The van der Waals surface area contributed by atoms with E-state index in [9.17, 15) is 4.79 Å². The molecule has 0 unspecified atom stereocenters. The fraction of sp³-hybridized carbons (Fsp3) is 0.227. The quantitative estimate of drug-likeness (QED) is 0.510. The highest BCUT2D eigenvalue weighted by Crippen LogP contribution is 2.33. The number of fused-ring (bicyclic) bond motifs is 3. The summed E-state index contributed by atoms with van der Waals surface area (Å²) in [7, 11) is 0. The van der Waals surface area contributed by atoms with Crippen molar-refractivity contribution in [2.24, 2.45) is 5.10 Å². The van der Waals surface area contributed by atoms with Crippen molar-refractivity contribution in [1.82, 2.24) is 15.6 Å². The molecule has 1 amide bonds. The molecule has 0 bridgehead atoms. The molecule has 1 aliphatic carbocycles. The van der Waals surface area contributed by atoms with Crippen LogP contribution in [-0.2, 0) is 12.8 Å². The van der Waals surface area contributed by atoms with Crippen LogP contribution in [0.3, 0.4) is 0 Å². The van der Waals surface area contributed by atoms with E-state index in [1.54, 1.807) is 6.21 Å². The summed E-state index contributed by atoms with van der Waals surface area (Å²) in [5.74, 6) is 0.541. The third-order valence-electron chi connectivity index (χ3n) is 4.74. The molecule has 142 valence electrons. The maximum absolute atomic E-state index is 12.5. The number of aromatic nitrogens is 2. The molecule has 28 heavy (non-hydrogen) atoms. The topological polar surface area (TPSA) is 79.4 Å². The number of hydrogen-bond acceptors (Lipinski definition) is 4. The summed E-state index contributed by atoms with van der Waals surface area (Å²) < 4.78 is 5.55. The molecule has 0 saturated carbocycles. The first-order valence-corrected chi connectivity index (χ1v) is 9.48. The summed E-state index contributed by atoms with van der Waals surface area (Å²) >= 11 is 0. The third-order valence-corrected chi connectivity index (χ3v) is 4.74. The molecular formula is C22H22N4O2. The molecule has 0 fully saturated rings. The molecule has 3 aromatic rings. The van der Waals surface area contributed by atoms with Gasteiger partial charge in [-0.15, -0.1) is 0 Å². The second-order valence-corrected chi connectivity index (χ2v) is 6.70. The van der Waals surface area contributed by atoms with Gasteiger partial charge in [-0.25, -0.2) is 5.43 Å². The highest BCUT2D eigenvalue weighted by Gasteiger charge is 2.24. The van der Waals surface area contributed by atoms with E-state index in [0.717, 1.165) is 47.4 Å². The van der Waals surface area contributed by atoms with Crippen molar-refractivity contribution < 1.29 is 9.53 Å². The molecule has 4 rings (SSSR count). The number of hydrazone groups is 1. The van der Waals surface area contributed by atoms with E-state index in [4.69, 9.17) is 4.74 Å². The average molecular weight is 374 g/mol. The van der Waals surface area contributed by atoms with E-state index in [-0.39, 0.29) is 5.91 Å². The normalized spacial score (nSPS) is 12.5. The van der Waals surface area contributed by atoms with Gasteiger partial charge in [-0.2, -0.15) is 10.2 Å². The Kier molecular flexibility index (Phi) is 5.19. The van der Waals surface area contributed by atoms with Crippen LogP contribution in [0.4, 0.5) is 0 Å². The Morgan fingerprint density at radius 2 is 2.04 bits per heavy atom. The fourth-order valence-corrected chi connectivity index (χ4v) is 3.34. The number of aryl methyl sites for hydroxylation is 1. The van der Waals surface area contributed by atoms with E-state index < -0.39 is 0 Å². The monoisotopic (exact) mass is 374 g/mol. The van der Waals surface area contributed by atoms with Crippen LogP contribution in [-0.4, -0.2) is 28.9 Å². The number of benzene rings is 2. The van der Waals surface area contributed by atoms with Gasteiger partial charge in [0.05, 0.1) is 18.5 Å². The van der Waals surface area contributed by atoms with Gasteiger partial charge in [0.1, 0.15) is 11.4 Å². The van der Waals surface area contributed by atoms with Gasteiger partial charge in [0.2, 0.25) is 0 Å². The Balaban J connectivity index is 1.43. The van der Waals surface area contributed by atoms with Gasteiger partial charge < -0.3 is 4.74 Å². The summed E-state index contributed by atoms with van der Waals surface area (Å²) in [6, 6.07) is 15.7. The van der Waals surface area contributed by atoms with Crippen molar-refractivity contribution in [1.29, 1.82) is 0 Å². The second-order valence-electron chi connectivity index (χ2n) is 6.70. The van der Waals surface area contributed by atoms with Gasteiger partial charge in [-0.3, -0.25) is 9.89 Å². The summed E-state index contributed by atoms with van der Waals surface area (Å²) in [5, 5.41) is 11.3. The molecule has 2 N–H and O–H groups in total. The molecule has 0 radical (unpaired) electrons. The molecule has 0 atom stereocenters. The lowest BCUT2D eigenvalue weighted by Crippen LogP contribution is -2.20. The van der Waals surface area contributed by atoms with Crippen LogP contribution in [0.15, 0.2) is 53.6 Å². The number of carbonyl (C=O) groups is 1. The van der Waals surface area contributed by atoms with Crippen molar-refractivity contribution in [3.63, 3.8) is 0 Å². The highest BCUT2D eigenvalue weighted by molar-refractivity contribution is 5.96. The first-order valence-electron chi connectivity index (χ1n) is 9.48. The van der Waals surface area contributed by atoms with Crippen LogP contribution in [0.2, 0.25) is 0 Å². The van der Waals surface area contributed by atoms with E-state index in [0.29, 0.717) is 12.3 Å². The van der Waals surface area contributed by atoms with Crippen LogP contribution in [0.5, 0.6) is 5.75 Å². The maximum Gasteiger partial charge on any atom is 0.289 e. The van der Waals surface area contributed by atoms with Crippen LogP contribution in [0.1, 0.15) is 40.5 Å². The van der Waals surface area contributed by atoms with Crippen LogP contribution in [0, 0.1) is 0 Å². The second kappa shape index (κ2) is 8.08. The van der Waals surface area contributed by atoms with E-state index in [1.807, 2.05) is 42.5 Å². The van der Waals surface area contributed by atoms with Crippen LogP contribution < -0.4 is 10.2 Å². The number of nitrogens with zero attached hydrogens (tertiary/aromatic N) is 2. The lowest BCUT2D eigenvalue weighted by Gasteiger charge is -2.15. The Bertz CT molecular complexity index is 1010. The number of rotatable bonds is 6. The number of carbonyl (C=O) groups excluding carboxylic acids is 1. The zero-order valence-corrected chi connectivity index (χ0v) is 15.7. The summed E-state index contributed by atoms with van der Waals surface area (Å²) in [4.78, 5) is 12.5. The maximum atomic E-state index is 12.5. The van der Waals surface area contributed by atoms with E-state index in [1.165, 1.54) is 5.56 Å². The van der Waals surface area contributed by atoms with E-state index in [2.05, 4.69) is 33.7 Å². The largest absolute Gasteiger partial charge is 0.494 e. The van der Waals surface area contributed by atoms with E-state index >= 15 is 0 Å². The lowest BCUT2D eigenvalue weighted by atomic mass is 9.89. The van der Waals surface area contributed by atoms with Gasteiger partial charge in [-0.05, 0) is 54.7 Å². The van der Waals surface area contributed by atoms with Crippen LogP contribution in [0.25, 0.3) is 11.3 Å². The van der Waals surface area contributed by atoms with Crippen molar-refractivity contribution in [2.75, 3.05) is 6.61 Å². The van der Waals surface area contributed by atoms with Crippen molar-refractivity contribution in [3.05, 3.63) is 70.9 Å². The number of hydrogen-bond donors (Lipinski definition) is 2. The Hall–Kier alpha value is -3.41. The van der Waals surface area contributed by atoms with Gasteiger partial charge >= 0.3 is 0 Å². The molecule has 1 aliphatic rings. The van der Waals surface area contributed by atoms with Gasteiger partial charge in [0.25, 0.3) is 5.91 Å². The minimum absolute atomic E-state index is 0.285. The Morgan fingerprint density at radius 1 is 1.21 bits per heavy atom. The van der Waals surface area contributed by atoms with Crippen molar-refractivity contribution in [3.8, 4) is 17.0 Å². The number of ether oxygens (including phenoxy) is 1. The SMILES string of the molecule is CCCOc1ccc(/C=N\NC(=O)c2[nH]nc3c2CCc2ccccc2-3)cc1. The average Bonchev–Trinajstić information content (AvgIpc) is 3.18. The zero-order valence-electron chi connectivity index (χ0n) is 15.7. The molecule has 0 spiro atoms. The Labute approximate surface area is 163 Å². The highest BCUT2D eigenvalue weighted by atomic mass is 16.5. The van der Waals surface area contributed by atoms with Crippen LogP contribution >= 0.6 is 0 Å². The molecule has 0 saturated heterocycles. The number of H-pyrrole nitrogens is 1. The zero-order chi connectivity index (χ0) is 19.3. The smallest absolute Gasteiger partial charge is 0.289 e. The summed E-state index contributed by atoms with van der Waals surface area (Å²) in [6.45, 7) is 2.77.